The summed E-state index contributed by atoms with van der Waals surface area (Å²) in [6.45, 7) is 3.92. The number of anilines is 1. The third kappa shape index (κ3) is 3.98. The van der Waals surface area contributed by atoms with Crippen LogP contribution in [0.3, 0.4) is 0 Å². The monoisotopic (exact) mass is 339 g/mol. The molecule has 5 heteroatoms. The third-order valence-corrected chi connectivity index (χ3v) is 4.70. The van der Waals surface area contributed by atoms with Gasteiger partial charge in [0.25, 0.3) is 0 Å². The average Bonchev–Trinajstić information content (AvgIpc) is 3.10. The van der Waals surface area contributed by atoms with Crippen molar-refractivity contribution in [1.82, 2.24) is 9.78 Å². The summed E-state index contributed by atoms with van der Waals surface area (Å²) in [7, 11) is 1.86. The molecule has 3 rings (SSSR count). The van der Waals surface area contributed by atoms with Crippen LogP contribution in [0.15, 0.2) is 30.3 Å². The number of aryl methyl sites for hydroxylation is 2. The fourth-order valence-corrected chi connectivity index (χ4v) is 3.51. The van der Waals surface area contributed by atoms with Gasteiger partial charge in [0.15, 0.2) is 5.78 Å². The number of nitrogens with zero attached hydrogens (tertiary/aromatic N) is 2. The topological polar surface area (TPSA) is 64.0 Å². The van der Waals surface area contributed by atoms with Crippen LogP contribution < -0.4 is 5.32 Å². The molecule has 0 atom stereocenters. The maximum atomic E-state index is 12.5. The normalized spacial score (nSPS) is 13.6. The minimum atomic E-state index is -0.404. The number of rotatable bonds is 6. The van der Waals surface area contributed by atoms with E-state index in [1.54, 1.807) is 4.68 Å². The first-order chi connectivity index (χ1) is 11.9. The number of amides is 1. The minimum absolute atomic E-state index is 0.0661. The summed E-state index contributed by atoms with van der Waals surface area (Å²) in [6.07, 6.45) is 3.68. The standard InChI is InChI=1S/C20H25N3O2/c1-20(2,12-17(24)14-8-5-4-6-9-14)13-18(25)21-19-15-10-7-11-16(15)22-23(19)3/h4-6,8-9H,7,10-13H2,1-3H3,(H,21,25). The number of carbonyl (C=O) groups is 2. The number of carbonyl (C=O) groups excluding carboxylic acids is 2. The van der Waals surface area contributed by atoms with Gasteiger partial charge in [-0.2, -0.15) is 5.10 Å². The lowest BCUT2D eigenvalue weighted by Gasteiger charge is -2.23. The maximum Gasteiger partial charge on any atom is 0.226 e. The Morgan fingerprint density at radius 3 is 2.60 bits per heavy atom. The SMILES string of the molecule is Cn1nc2c(c1NC(=O)CC(C)(C)CC(=O)c1ccccc1)CCC2. The van der Waals surface area contributed by atoms with Crippen molar-refractivity contribution in [2.24, 2.45) is 12.5 Å². The molecule has 1 N–H and O–H groups in total. The lowest BCUT2D eigenvalue weighted by molar-refractivity contribution is -0.118. The van der Waals surface area contributed by atoms with E-state index in [0.29, 0.717) is 18.4 Å². The van der Waals surface area contributed by atoms with Crippen molar-refractivity contribution in [2.45, 2.75) is 46.0 Å². The molecular formula is C20H25N3O2. The largest absolute Gasteiger partial charge is 0.311 e. The van der Waals surface area contributed by atoms with E-state index >= 15 is 0 Å². The van der Waals surface area contributed by atoms with Gasteiger partial charge in [0.2, 0.25) is 5.91 Å². The van der Waals surface area contributed by atoms with Crippen LogP contribution in [0.25, 0.3) is 0 Å². The van der Waals surface area contributed by atoms with Gasteiger partial charge in [0, 0.05) is 31.0 Å². The van der Waals surface area contributed by atoms with Crippen molar-refractivity contribution >= 4 is 17.5 Å². The van der Waals surface area contributed by atoms with Gasteiger partial charge in [-0.3, -0.25) is 14.3 Å². The maximum absolute atomic E-state index is 12.5. The smallest absolute Gasteiger partial charge is 0.226 e. The molecule has 1 aliphatic rings. The van der Waals surface area contributed by atoms with E-state index in [1.807, 2.05) is 51.2 Å². The number of Topliss-reactive ketones (excluding diaryl/α,β-unsaturated/α-hetero) is 1. The summed E-state index contributed by atoms with van der Waals surface area (Å²) in [5.41, 5.74) is 2.55. The Morgan fingerprint density at radius 2 is 1.88 bits per heavy atom. The van der Waals surface area contributed by atoms with Crippen LogP contribution in [0.4, 0.5) is 5.82 Å². The Hall–Kier alpha value is -2.43. The molecule has 0 aliphatic heterocycles. The third-order valence-electron chi connectivity index (χ3n) is 4.70. The predicted octanol–water partition coefficient (Wildman–Crippen LogP) is 3.54. The van der Waals surface area contributed by atoms with Gasteiger partial charge < -0.3 is 5.32 Å². The molecule has 0 saturated heterocycles. The summed E-state index contributed by atoms with van der Waals surface area (Å²) >= 11 is 0. The molecule has 132 valence electrons. The van der Waals surface area contributed by atoms with E-state index < -0.39 is 5.41 Å². The zero-order valence-corrected chi connectivity index (χ0v) is 15.1. The fourth-order valence-electron chi connectivity index (χ4n) is 3.51. The van der Waals surface area contributed by atoms with Gasteiger partial charge in [-0.1, -0.05) is 44.2 Å². The van der Waals surface area contributed by atoms with E-state index in [1.165, 1.54) is 0 Å². The van der Waals surface area contributed by atoms with E-state index in [2.05, 4.69) is 10.4 Å². The van der Waals surface area contributed by atoms with E-state index in [9.17, 15) is 9.59 Å². The van der Waals surface area contributed by atoms with E-state index in [-0.39, 0.29) is 11.7 Å². The zero-order chi connectivity index (χ0) is 18.0. The number of hydrogen-bond acceptors (Lipinski definition) is 3. The average molecular weight is 339 g/mol. The quantitative estimate of drug-likeness (QED) is 0.819. The predicted molar refractivity (Wildman–Crippen MR) is 97.7 cm³/mol. The number of benzene rings is 1. The van der Waals surface area contributed by atoms with E-state index in [0.717, 1.165) is 36.3 Å². The van der Waals surface area contributed by atoms with Crippen molar-refractivity contribution in [1.29, 1.82) is 0 Å². The molecule has 2 aromatic rings. The summed E-state index contributed by atoms with van der Waals surface area (Å²) in [5, 5.41) is 7.49. The van der Waals surface area contributed by atoms with Gasteiger partial charge in [0.05, 0.1) is 5.69 Å². The summed E-state index contributed by atoms with van der Waals surface area (Å²) in [4.78, 5) is 25.0. The summed E-state index contributed by atoms with van der Waals surface area (Å²) in [5.74, 6) is 0.811. The molecule has 0 fully saturated rings. The number of ketones is 1. The summed E-state index contributed by atoms with van der Waals surface area (Å²) in [6, 6.07) is 9.24. The van der Waals surface area contributed by atoms with Crippen LogP contribution in [-0.4, -0.2) is 21.5 Å². The highest BCUT2D eigenvalue weighted by Gasteiger charge is 2.28. The van der Waals surface area contributed by atoms with Crippen molar-refractivity contribution in [3.05, 3.63) is 47.2 Å². The van der Waals surface area contributed by atoms with Gasteiger partial charge >= 0.3 is 0 Å². The van der Waals surface area contributed by atoms with Crippen molar-refractivity contribution in [3.8, 4) is 0 Å². The lowest BCUT2D eigenvalue weighted by Crippen LogP contribution is -2.26. The Morgan fingerprint density at radius 1 is 1.16 bits per heavy atom. The zero-order valence-electron chi connectivity index (χ0n) is 15.1. The second-order valence-electron chi connectivity index (χ2n) is 7.61. The first-order valence-corrected chi connectivity index (χ1v) is 8.78. The van der Waals surface area contributed by atoms with Gasteiger partial charge in [0.1, 0.15) is 5.82 Å². The molecule has 0 unspecified atom stereocenters. The Bertz CT molecular complexity index is 791. The fraction of sp³-hybridized carbons (Fsp3) is 0.450. The first-order valence-electron chi connectivity index (χ1n) is 8.78. The van der Waals surface area contributed by atoms with Crippen LogP contribution in [0, 0.1) is 5.41 Å². The van der Waals surface area contributed by atoms with Crippen LogP contribution in [0.1, 0.15) is 54.7 Å². The van der Waals surface area contributed by atoms with Crippen molar-refractivity contribution in [2.75, 3.05) is 5.32 Å². The molecule has 1 aromatic carbocycles. The van der Waals surface area contributed by atoms with Gasteiger partial charge in [-0.25, -0.2) is 0 Å². The highest BCUT2D eigenvalue weighted by molar-refractivity contribution is 5.97. The molecule has 1 aromatic heterocycles. The molecule has 0 spiro atoms. The molecular weight excluding hydrogens is 314 g/mol. The van der Waals surface area contributed by atoms with Crippen LogP contribution in [0.2, 0.25) is 0 Å². The Kier molecular flexibility index (Phi) is 4.75. The lowest BCUT2D eigenvalue weighted by atomic mass is 9.82. The molecule has 0 saturated carbocycles. The molecule has 1 heterocycles. The van der Waals surface area contributed by atoms with Crippen molar-refractivity contribution < 1.29 is 9.59 Å². The number of aromatic nitrogens is 2. The summed E-state index contributed by atoms with van der Waals surface area (Å²) < 4.78 is 1.75. The second-order valence-corrected chi connectivity index (χ2v) is 7.61. The van der Waals surface area contributed by atoms with Crippen LogP contribution >= 0.6 is 0 Å². The highest BCUT2D eigenvalue weighted by atomic mass is 16.1. The Labute approximate surface area is 148 Å². The second kappa shape index (κ2) is 6.82. The molecule has 1 amide bonds. The Balaban J connectivity index is 1.63. The molecule has 1 aliphatic carbocycles. The molecule has 25 heavy (non-hydrogen) atoms. The van der Waals surface area contributed by atoms with Gasteiger partial charge in [-0.15, -0.1) is 0 Å². The molecule has 5 nitrogen and oxygen atoms in total. The first kappa shape index (κ1) is 17.4. The number of hydrogen-bond donors (Lipinski definition) is 1. The van der Waals surface area contributed by atoms with Gasteiger partial charge in [-0.05, 0) is 24.7 Å². The van der Waals surface area contributed by atoms with E-state index in [4.69, 9.17) is 0 Å². The minimum Gasteiger partial charge on any atom is -0.311 e. The molecule has 0 bridgehead atoms. The molecule has 0 radical (unpaired) electrons. The van der Waals surface area contributed by atoms with Crippen molar-refractivity contribution in [3.63, 3.8) is 0 Å². The van der Waals surface area contributed by atoms with Crippen LogP contribution in [-0.2, 0) is 24.7 Å². The highest BCUT2D eigenvalue weighted by Crippen LogP contribution is 2.30. The van der Waals surface area contributed by atoms with Crippen LogP contribution in [0.5, 0.6) is 0 Å². The number of nitrogens with one attached hydrogen (secondary N) is 1. The number of fused-ring (bicyclic) bond motifs is 1.